The van der Waals surface area contributed by atoms with Crippen LogP contribution in [0.5, 0.6) is 5.75 Å². The highest BCUT2D eigenvalue weighted by atomic mass is 16.5. The van der Waals surface area contributed by atoms with Crippen molar-refractivity contribution in [3.8, 4) is 16.9 Å². The largest absolute Gasteiger partial charge is 0.487 e. The van der Waals surface area contributed by atoms with E-state index in [1.807, 2.05) is 36.9 Å². The lowest BCUT2D eigenvalue weighted by Crippen LogP contribution is -2.69. The summed E-state index contributed by atoms with van der Waals surface area (Å²) in [5.41, 5.74) is 11.3. The number of imidazole rings is 1. The minimum atomic E-state index is -0.656. The lowest BCUT2D eigenvalue weighted by Gasteiger charge is -2.38. The summed E-state index contributed by atoms with van der Waals surface area (Å²) in [5.74, 6) is 0.743. The quantitative estimate of drug-likeness (QED) is 0.143. The molecule has 7 aromatic rings. The number of pyridine rings is 1. The number of nitrogens with zero attached hydrogens (tertiary/aromatic N) is 4. The van der Waals surface area contributed by atoms with Crippen molar-refractivity contribution in [2.75, 3.05) is 6.61 Å². The SMILES string of the molecule is Cn1cc(C2=C[NH2+]N=C2COc2ccc(-c3cccc4c3ncn4C(c3ccccc3)(c3ccccc3)c3ccccc3)cc2)ccc1=O. The van der Waals surface area contributed by atoms with Gasteiger partial charge >= 0.3 is 0 Å². The second kappa shape index (κ2) is 12.7. The summed E-state index contributed by atoms with van der Waals surface area (Å²) in [6.07, 6.45) is 5.75. The zero-order valence-electron chi connectivity index (χ0n) is 27.0. The highest BCUT2D eigenvalue weighted by Gasteiger charge is 2.39. The number of nitrogens with two attached hydrogens (primary N) is 1. The number of para-hydroxylation sites is 1. The fourth-order valence-electron chi connectivity index (χ4n) is 6.88. The molecule has 0 atom stereocenters. The molecule has 1 aliphatic rings. The van der Waals surface area contributed by atoms with Gasteiger partial charge in [0.15, 0.2) is 0 Å². The molecular weight excluding hydrogens is 606 g/mol. The molecule has 0 aliphatic carbocycles. The lowest BCUT2D eigenvalue weighted by atomic mass is 9.76. The minimum Gasteiger partial charge on any atom is -0.487 e. The van der Waals surface area contributed by atoms with Gasteiger partial charge in [-0.15, -0.1) is 0 Å². The normalized spacial score (nSPS) is 12.9. The van der Waals surface area contributed by atoms with E-state index in [9.17, 15) is 4.79 Å². The van der Waals surface area contributed by atoms with Crippen molar-refractivity contribution in [1.82, 2.24) is 14.1 Å². The number of rotatable bonds is 9. The van der Waals surface area contributed by atoms with Crippen molar-refractivity contribution in [2.24, 2.45) is 12.1 Å². The van der Waals surface area contributed by atoms with Crippen LogP contribution >= 0.6 is 0 Å². The monoisotopic (exact) mass is 640 g/mol. The molecule has 0 saturated carbocycles. The van der Waals surface area contributed by atoms with Gasteiger partial charge in [-0.05, 0) is 46.5 Å². The maximum atomic E-state index is 11.9. The Kier molecular flexibility index (Phi) is 7.80. The molecular formula is C42H34N5O2+. The van der Waals surface area contributed by atoms with Gasteiger partial charge in [-0.2, -0.15) is 5.43 Å². The third kappa shape index (κ3) is 5.36. The molecule has 5 aromatic carbocycles. The molecule has 2 N–H and O–H groups in total. The molecule has 0 bridgehead atoms. The van der Waals surface area contributed by atoms with Gasteiger partial charge in [0.1, 0.15) is 29.8 Å². The molecule has 0 fully saturated rings. The molecule has 8 rings (SSSR count). The van der Waals surface area contributed by atoms with Crippen LogP contribution < -0.4 is 15.7 Å². The van der Waals surface area contributed by atoms with Crippen molar-refractivity contribution in [1.29, 1.82) is 0 Å². The van der Waals surface area contributed by atoms with Crippen LogP contribution in [0.15, 0.2) is 174 Å². The first-order valence-electron chi connectivity index (χ1n) is 16.3. The number of ether oxygens (including phenoxy) is 1. The third-order valence-corrected chi connectivity index (χ3v) is 9.23. The number of aromatic nitrogens is 3. The van der Waals surface area contributed by atoms with Crippen molar-refractivity contribution >= 4 is 22.3 Å². The molecule has 0 saturated heterocycles. The molecule has 49 heavy (non-hydrogen) atoms. The van der Waals surface area contributed by atoms with E-state index in [4.69, 9.17) is 9.72 Å². The fraction of sp³-hybridized carbons (Fsp3) is 0.0714. The summed E-state index contributed by atoms with van der Waals surface area (Å²) in [6, 6.07) is 49.9. The first kappa shape index (κ1) is 30.1. The van der Waals surface area contributed by atoms with Crippen molar-refractivity contribution in [3.05, 3.63) is 197 Å². The molecule has 3 heterocycles. The van der Waals surface area contributed by atoms with Crippen molar-refractivity contribution < 1.29 is 10.2 Å². The summed E-state index contributed by atoms with van der Waals surface area (Å²) >= 11 is 0. The number of hydrogen-bond acceptors (Lipinski definition) is 4. The van der Waals surface area contributed by atoms with Crippen LogP contribution in [-0.2, 0) is 12.6 Å². The van der Waals surface area contributed by atoms with Gasteiger partial charge in [-0.3, -0.25) is 4.79 Å². The highest BCUT2D eigenvalue weighted by molar-refractivity contribution is 6.24. The van der Waals surface area contributed by atoms with E-state index in [0.29, 0.717) is 6.61 Å². The van der Waals surface area contributed by atoms with Gasteiger partial charge in [-0.25, -0.2) is 4.98 Å². The Morgan fingerprint density at radius 1 is 0.694 bits per heavy atom. The van der Waals surface area contributed by atoms with Crippen LogP contribution in [-0.4, -0.2) is 26.4 Å². The van der Waals surface area contributed by atoms with Gasteiger partial charge in [0.05, 0.1) is 22.9 Å². The maximum Gasteiger partial charge on any atom is 0.250 e. The summed E-state index contributed by atoms with van der Waals surface area (Å²) in [5, 5.41) is 4.52. The Labute approximate surface area is 284 Å². The lowest BCUT2D eigenvalue weighted by molar-refractivity contribution is -0.589. The molecule has 2 aromatic heterocycles. The van der Waals surface area contributed by atoms with Crippen molar-refractivity contribution in [3.63, 3.8) is 0 Å². The third-order valence-electron chi connectivity index (χ3n) is 9.23. The number of benzene rings is 5. The van der Waals surface area contributed by atoms with Crippen LogP contribution in [0.4, 0.5) is 0 Å². The molecule has 238 valence electrons. The zero-order valence-corrected chi connectivity index (χ0v) is 27.0. The van der Waals surface area contributed by atoms with E-state index in [1.165, 1.54) is 0 Å². The average molecular weight is 641 g/mol. The average Bonchev–Trinajstić information content (AvgIpc) is 3.82. The van der Waals surface area contributed by atoms with Gasteiger partial charge in [0.2, 0.25) is 5.56 Å². The van der Waals surface area contributed by atoms with Gasteiger partial charge in [-0.1, -0.05) is 120 Å². The Hall–Kier alpha value is -6.31. The standard InChI is InChI=1S/C42H33N5O2/c1-46-27-31(22-25-40(46)48)37-26-44-45-38(37)28-49-35-23-20-30(21-24-35)36-18-11-19-39-41(36)43-29-47(39)42(32-12-5-2-6-13-32,33-14-7-3-8-15-33)34-16-9-4-10-17-34/h2-27,29H,28H2,1H3,(H,44,45)/p+1. The molecule has 1 aliphatic heterocycles. The Bertz CT molecular complexity index is 2280. The molecule has 7 nitrogen and oxygen atoms in total. The van der Waals surface area contributed by atoms with Crippen molar-refractivity contribution in [2.45, 2.75) is 5.54 Å². The van der Waals surface area contributed by atoms with Gasteiger partial charge < -0.3 is 13.9 Å². The maximum absolute atomic E-state index is 11.9. The number of hydrogen-bond donors (Lipinski definition) is 1. The number of fused-ring (bicyclic) bond motifs is 1. The van der Waals surface area contributed by atoms with E-state index in [0.717, 1.165) is 61.4 Å². The summed E-state index contributed by atoms with van der Waals surface area (Å²) < 4.78 is 10.1. The number of quaternary nitrogens is 1. The van der Waals surface area contributed by atoms with Gasteiger partial charge in [0.25, 0.3) is 0 Å². The predicted molar refractivity (Wildman–Crippen MR) is 194 cm³/mol. The molecule has 0 amide bonds. The Balaban J connectivity index is 1.14. The first-order chi connectivity index (χ1) is 24.1. The van der Waals surface area contributed by atoms with Crippen LogP contribution in [0.1, 0.15) is 22.3 Å². The predicted octanol–water partition coefficient (Wildman–Crippen LogP) is 6.60. The first-order valence-corrected chi connectivity index (χ1v) is 16.3. The Morgan fingerprint density at radius 3 is 1.92 bits per heavy atom. The van der Waals surface area contributed by atoms with E-state index < -0.39 is 5.54 Å². The smallest absolute Gasteiger partial charge is 0.250 e. The summed E-state index contributed by atoms with van der Waals surface area (Å²) in [4.78, 5) is 17.0. The minimum absolute atomic E-state index is 0.0495. The fourth-order valence-corrected chi connectivity index (χ4v) is 6.88. The molecule has 0 radical (unpaired) electrons. The molecule has 0 unspecified atom stereocenters. The van der Waals surface area contributed by atoms with Gasteiger partial charge in [0, 0.05) is 30.4 Å². The van der Waals surface area contributed by atoms with Crippen LogP contribution in [0.3, 0.4) is 0 Å². The van der Waals surface area contributed by atoms with Crippen LogP contribution in [0, 0.1) is 0 Å². The second-order valence-electron chi connectivity index (χ2n) is 12.1. The van der Waals surface area contributed by atoms with Crippen LogP contribution in [0.25, 0.3) is 27.7 Å². The van der Waals surface area contributed by atoms with E-state index in [2.05, 4.69) is 131 Å². The zero-order chi connectivity index (χ0) is 33.2. The van der Waals surface area contributed by atoms with E-state index >= 15 is 0 Å². The summed E-state index contributed by atoms with van der Waals surface area (Å²) in [6.45, 7) is 0.311. The Morgan fingerprint density at radius 2 is 1.31 bits per heavy atom. The highest BCUT2D eigenvalue weighted by Crippen LogP contribution is 2.43. The second-order valence-corrected chi connectivity index (χ2v) is 12.1. The topological polar surface area (TPSA) is 78.0 Å². The van der Waals surface area contributed by atoms with E-state index in [-0.39, 0.29) is 5.56 Å². The van der Waals surface area contributed by atoms with E-state index in [1.54, 1.807) is 23.1 Å². The number of aryl methyl sites for hydroxylation is 1. The summed E-state index contributed by atoms with van der Waals surface area (Å²) in [7, 11) is 1.75. The molecule has 0 spiro atoms. The molecule has 7 heteroatoms. The van der Waals surface area contributed by atoms with Crippen LogP contribution in [0.2, 0.25) is 0 Å².